The molecule has 0 amide bonds. The van der Waals surface area contributed by atoms with E-state index in [4.69, 9.17) is 4.74 Å². The molecule has 0 N–H and O–H groups in total. The lowest BCUT2D eigenvalue weighted by Gasteiger charge is -2.29. The van der Waals surface area contributed by atoms with Crippen LogP contribution in [0.5, 0.6) is 0 Å². The summed E-state index contributed by atoms with van der Waals surface area (Å²) in [5.74, 6) is 0.714. The molecule has 1 unspecified atom stereocenters. The summed E-state index contributed by atoms with van der Waals surface area (Å²) in [7, 11) is 0. The summed E-state index contributed by atoms with van der Waals surface area (Å²) in [6.45, 7) is 6.00. The summed E-state index contributed by atoms with van der Waals surface area (Å²) in [6, 6.07) is 20.0. The van der Waals surface area contributed by atoms with Gasteiger partial charge in [0.05, 0.1) is 13.2 Å². The molecule has 1 aliphatic heterocycles. The number of morpholine rings is 1. The lowest BCUT2D eigenvalue weighted by Crippen LogP contribution is -2.36. The minimum atomic E-state index is 0.714. The Balaban J connectivity index is 1.60. The first-order valence-electron chi connectivity index (χ1n) is 8.80. The quantitative estimate of drug-likeness (QED) is 0.787. The molecule has 0 aliphatic carbocycles. The summed E-state index contributed by atoms with van der Waals surface area (Å²) < 4.78 is 5.43. The maximum atomic E-state index is 5.43. The minimum absolute atomic E-state index is 0.714. The van der Waals surface area contributed by atoms with Gasteiger partial charge >= 0.3 is 0 Å². The van der Waals surface area contributed by atoms with Crippen LogP contribution in [0.1, 0.15) is 24.5 Å². The highest BCUT2D eigenvalue weighted by molar-refractivity contribution is 5.48. The van der Waals surface area contributed by atoms with Crippen molar-refractivity contribution in [3.8, 4) is 0 Å². The highest BCUT2D eigenvalue weighted by atomic mass is 16.5. The highest BCUT2D eigenvalue weighted by Crippen LogP contribution is 2.21. The van der Waals surface area contributed by atoms with E-state index < -0.39 is 0 Å². The van der Waals surface area contributed by atoms with E-state index in [-0.39, 0.29) is 0 Å². The molecule has 0 radical (unpaired) electrons. The Morgan fingerprint density at radius 3 is 2.09 bits per heavy atom. The molecule has 0 saturated carbocycles. The van der Waals surface area contributed by atoms with Gasteiger partial charge in [-0.1, -0.05) is 55.8 Å². The van der Waals surface area contributed by atoms with Gasteiger partial charge < -0.3 is 9.64 Å². The van der Waals surface area contributed by atoms with Crippen LogP contribution in [-0.2, 0) is 17.6 Å². The molecule has 2 nitrogen and oxygen atoms in total. The molecule has 2 heteroatoms. The smallest absolute Gasteiger partial charge is 0.0642 e. The number of hydrogen-bond acceptors (Lipinski definition) is 2. The third-order valence-corrected chi connectivity index (χ3v) is 4.78. The van der Waals surface area contributed by atoms with E-state index in [1.54, 1.807) is 0 Å². The average molecular weight is 309 g/mol. The SMILES string of the molecule is CCC(Cc1ccccc1)Cc1ccc(N2CCOCC2)cc1. The van der Waals surface area contributed by atoms with Crippen LogP contribution in [0, 0.1) is 5.92 Å². The zero-order chi connectivity index (χ0) is 15.9. The molecule has 0 bridgehead atoms. The predicted octanol–water partition coefficient (Wildman–Crippen LogP) is 4.33. The second kappa shape index (κ2) is 8.16. The van der Waals surface area contributed by atoms with Gasteiger partial charge in [-0.05, 0) is 42.0 Å². The van der Waals surface area contributed by atoms with Crippen molar-refractivity contribution >= 4 is 5.69 Å². The van der Waals surface area contributed by atoms with Crippen molar-refractivity contribution in [1.29, 1.82) is 0 Å². The lowest BCUT2D eigenvalue weighted by molar-refractivity contribution is 0.122. The first-order chi connectivity index (χ1) is 11.3. The predicted molar refractivity (Wildman–Crippen MR) is 97.1 cm³/mol. The van der Waals surface area contributed by atoms with Crippen LogP contribution in [0.4, 0.5) is 5.69 Å². The summed E-state index contributed by atoms with van der Waals surface area (Å²) in [6.07, 6.45) is 3.55. The van der Waals surface area contributed by atoms with Crippen LogP contribution in [0.25, 0.3) is 0 Å². The summed E-state index contributed by atoms with van der Waals surface area (Å²) in [5, 5.41) is 0. The first kappa shape index (κ1) is 16.1. The summed E-state index contributed by atoms with van der Waals surface area (Å²) in [5.41, 5.74) is 4.22. The standard InChI is InChI=1S/C21H27NO/c1-2-18(16-19-6-4-3-5-7-19)17-20-8-10-21(11-9-20)22-12-14-23-15-13-22/h3-11,18H,2,12-17H2,1H3. The minimum Gasteiger partial charge on any atom is -0.378 e. The fourth-order valence-corrected chi connectivity index (χ4v) is 3.31. The van der Waals surface area contributed by atoms with Crippen molar-refractivity contribution in [3.63, 3.8) is 0 Å². The molecule has 122 valence electrons. The zero-order valence-corrected chi connectivity index (χ0v) is 14.1. The molecule has 1 atom stereocenters. The summed E-state index contributed by atoms with van der Waals surface area (Å²) in [4.78, 5) is 2.41. The van der Waals surface area contributed by atoms with E-state index in [1.165, 1.54) is 29.7 Å². The Bertz CT molecular complexity index is 573. The van der Waals surface area contributed by atoms with Gasteiger partial charge in [-0.15, -0.1) is 0 Å². The third kappa shape index (κ3) is 4.59. The van der Waals surface area contributed by atoms with Gasteiger partial charge in [0.2, 0.25) is 0 Å². The average Bonchev–Trinajstić information content (AvgIpc) is 2.63. The molecule has 1 aliphatic rings. The van der Waals surface area contributed by atoms with Crippen molar-refractivity contribution < 1.29 is 4.74 Å². The zero-order valence-electron chi connectivity index (χ0n) is 14.1. The molecular weight excluding hydrogens is 282 g/mol. The van der Waals surface area contributed by atoms with Gasteiger partial charge in [0.15, 0.2) is 0 Å². The highest BCUT2D eigenvalue weighted by Gasteiger charge is 2.12. The van der Waals surface area contributed by atoms with Crippen LogP contribution in [0.2, 0.25) is 0 Å². The van der Waals surface area contributed by atoms with E-state index in [2.05, 4.69) is 66.4 Å². The van der Waals surface area contributed by atoms with E-state index in [1.807, 2.05) is 0 Å². The fraction of sp³-hybridized carbons (Fsp3) is 0.429. The van der Waals surface area contributed by atoms with Crippen LogP contribution in [-0.4, -0.2) is 26.3 Å². The molecular formula is C21H27NO. The van der Waals surface area contributed by atoms with E-state index in [0.717, 1.165) is 32.7 Å². The van der Waals surface area contributed by atoms with Crippen molar-refractivity contribution in [2.75, 3.05) is 31.2 Å². The number of anilines is 1. The third-order valence-electron chi connectivity index (χ3n) is 4.78. The lowest BCUT2D eigenvalue weighted by atomic mass is 9.90. The normalized spacial score (nSPS) is 16.3. The van der Waals surface area contributed by atoms with Crippen molar-refractivity contribution in [3.05, 3.63) is 65.7 Å². The molecule has 23 heavy (non-hydrogen) atoms. The monoisotopic (exact) mass is 309 g/mol. The van der Waals surface area contributed by atoms with Gasteiger partial charge in [-0.25, -0.2) is 0 Å². The van der Waals surface area contributed by atoms with E-state index in [0.29, 0.717) is 5.92 Å². The van der Waals surface area contributed by atoms with Gasteiger partial charge in [-0.2, -0.15) is 0 Å². The van der Waals surface area contributed by atoms with Crippen LogP contribution < -0.4 is 4.90 Å². The van der Waals surface area contributed by atoms with Gasteiger partial charge in [-0.3, -0.25) is 0 Å². The largest absolute Gasteiger partial charge is 0.378 e. The van der Waals surface area contributed by atoms with Gasteiger partial charge in [0.1, 0.15) is 0 Å². The Morgan fingerprint density at radius 1 is 0.870 bits per heavy atom. The summed E-state index contributed by atoms with van der Waals surface area (Å²) >= 11 is 0. The topological polar surface area (TPSA) is 12.5 Å². The van der Waals surface area contributed by atoms with E-state index in [9.17, 15) is 0 Å². The maximum Gasteiger partial charge on any atom is 0.0642 e. The number of hydrogen-bond donors (Lipinski definition) is 0. The number of nitrogens with zero attached hydrogens (tertiary/aromatic N) is 1. The van der Waals surface area contributed by atoms with Crippen molar-refractivity contribution in [2.24, 2.45) is 5.92 Å². The Morgan fingerprint density at radius 2 is 1.48 bits per heavy atom. The molecule has 1 fully saturated rings. The van der Waals surface area contributed by atoms with Crippen LogP contribution in [0.3, 0.4) is 0 Å². The molecule has 1 saturated heterocycles. The van der Waals surface area contributed by atoms with E-state index >= 15 is 0 Å². The van der Waals surface area contributed by atoms with Crippen LogP contribution >= 0.6 is 0 Å². The fourth-order valence-electron chi connectivity index (χ4n) is 3.31. The number of ether oxygens (including phenoxy) is 1. The van der Waals surface area contributed by atoms with Gasteiger partial charge in [0.25, 0.3) is 0 Å². The Kier molecular flexibility index (Phi) is 5.71. The Labute approximate surface area is 140 Å². The molecule has 2 aromatic carbocycles. The molecule has 3 rings (SSSR count). The van der Waals surface area contributed by atoms with Crippen molar-refractivity contribution in [1.82, 2.24) is 0 Å². The van der Waals surface area contributed by atoms with Gasteiger partial charge in [0, 0.05) is 18.8 Å². The molecule has 2 aromatic rings. The second-order valence-electron chi connectivity index (χ2n) is 6.43. The molecule has 0 spiro atoms. The Hall–Kier alpha value is -1.80. The van der Waals surface area contributed by atoms with Crippen molar-refractivity contribution in [2.45, 2.75) is 26.2 Å². The maximum absolute atomic E-state index is 5.43. The molecule has 0 aromatic heterocycles. The van der Waals surface area contributed by atoms with Crippen LogP contribution in [0.15, 0.2) is 54.6 Å². The first-order valence-corrected chi connectivity index (χ1v) is 8.80. The number of benzene rings is 2. The second-order valence-corrected chi connectivity index (χ2v) is 6.43. The molecule has 1 heterocycles. The number of rotatable bonds is 6.